The number of rotatable bonds is 5. The zero-order valence-electron chi connectivity index (χ0n) is 27.4. The Kier molecular flexibility index (Phi) is 12.6. The Balaban J connectivity index is 0.000000243. The molecule has 0 unspecified atom stereocenters. The van der Waals surface area contributed by atoms with Gasteiger partial charge in [-0.15, -0.1) is 0 Å². The molecule has 2 aromatic rings. The number of methoxy groups -OCH3 is 1. The van der Waals surface area contributed by atoms with E-state index in [0.717, 1.165) is 37.8 Å². The number of hydrogen-bond acceptors (Lipinski definition) is 6. The molecule has 2 aromatic carbocycles. The lowest BCUT2D eigenvalue weighted by molar-refractivity contribution is -0.129. The van der Waals surface area contributed by atoms with Gasteiger partial charge in [0.1, 0.15) is 17.2 Å². The fourth-order valence-electron chi connectivity index (χ4n) is 5.10. The van der Waals surface area contributed by atoms with Crippen LogP contribution < -0.4 is 9.64 Å². The first-order chi connectivity index (χ1) is 20.9. The Morgan fingerprint density at radius 1 is 0.955 bits per heavy atom. The topological polar surface area (TPSA) is 82.6 Å². The van der Waals surface area contributed by atoms with Crippen LogP contribution in [-0.4, -0.2) is 84.2 Å². The van der Waals surface area contributed by atoms with Crippen molar-refractivity contribution in [3.8, 4) is 5.75 Å². The van der Waals surface area contributed by atoms with E-state index in [-0.39, 0.29) is 42.9 Å². The summed E-state index contributed by atoms with van der Waals surface area (Å²) in [6, 6.07) is 12.2. The highest BCUT2D eigenvalue weighted by Crippen LogP contribution is 2.26. The van der Waals surface area contributed by atoms with Crippen molar-refractivity contribution < 1.29 is 28.2 Å². The molecule has 2 saturated heterocycles. The Morgan fingerprint density at radius 2 is 1.59 bits per heavy atom. The Hall–Kier alpha value is -3.66. The van der Waals surface area contributed by atoms with E-state index in [0.29, 0.717) is 17.0 Å². The van der Waals surface area contributed by atoms with E-state index < -0.39 is 6.03 Å². The number of ether oxygens (including phenoxy) is 2. The van der Waals surface area contributed by atoms with Crippen molar-refractivity contribution in [2.75, 3.05) is 44.7 Å². The van der Waals surface area contributed by atoms with Gasteiger partial charge in [0.2, 0.25) is 5.91 Å². The molecule has 3 aliphatic rings. The summed E-state index contributed by atoms with van der Waals surface area (Å²) in [5.74, 6) is 0.102. The molecular formula is C34H49FN4O5. The van der Waals surface area contributed by atoms with Gasteiger partial charge >= 0.3 is 12.1 Å². The number of imide groups is 1. The molecule has 4 amide bonds. The van der Waals surface area contributed by atoms with Crippen LogP contribution in [0.1, 0.15) is 71.4 Å². The molecule has 0 aromatic heterocycles. The second-order valence-corrected chi connectivity index (χ2v) is 12.0. The maximum atomic E-state index is 13.8. The lowest BCUT2D eigenvalue weighted by Crippen LogP contribution is -2.54. The number of urea groups is 1. The zero-order chi connectivity index (χ0) is 32.4. The van der Waals surface area contributed by atoms with E-state index in [1.54, 1.807) is 38.3 Å². The van der Waals surface area contributed by atoms with Crippen molar-refractivity contribution in [1.82, 2.24) is 14.7 Å². The number of nitrogens with zero attached hydrogens (tertiary/aromatic N) is 4. The first-order valence-electron chi connectivity index (χ1n) is 15.7. The van der Waals surface area contributed by atoms with Crippen LogP contribution in [0.5, 0.6) is 5.75 Å². The Labute approximate surface area is 261 Å². The van der Waals surface area contributed by atoms with Crippen LogP contribution in [0.2, 0.25) is 0 Å². The molecule has 2 aliphatic heterocycles. The molecule has 9 nitrogen and oxygen atoms in total. The molecule has 0 radical (unpaired) electrons. The third kappa shape index (κ3) is 9.42. The van der Waals surface area contributed by atoms with Crippen LogP contribution in [0.3, 0.4) is 0 Å². The normalized spacial score (nSPS) is 17.6. The van der Waals surface area contributed by atoms with Crippen molar-refractivity contribution in [2.24, 2.45) is 0 Å². The highest BCUT2D eigenvalue weighted by atomic mass is 19.1. The summed E-state index contributed by atoms with van der Waals surface area (Å²) in [7, 11) is 1.57. The van der Waals surface area contributed by atoms with Gasteiger partial charge in [0.15, 0.2) is 0 Å². The predicted molar refractivity (Wildman–Crippen MR) is 170 cm³/mol. The average Bonchev–Trinajstić information content (AvgIpc) is 2.97. The van der Waals surface area contributed by atoms with Crippen molar-refractivity contribution in [2.45, 2.75) is 85.4 Å². The summed E-state index contributed by atoms with van der Waals surface area (Å²) < 4.78 is 24.3. The summed E-state index contributed by atoms with van der Waals surface area (Å²) in [4.78, 5) is 43.8. The second-order valence-electron chi connectivity index (χ2n) is 12.0. The third-order valence-electron chi connectivity index (χ3n) is 7.84. The number of piperazine rings is 1. The van der Waals surface area contributed by atoms with Crippen molar-refractivity contribution in [3.63, 3.8) is 0 Å². The van der Waals surface area contributed by atoms with E-state index in [4.69, 9.17) is 9.47 Å². The number of aryl methyl sites for hydroxylation is 1. The monoisotopic (exact) mass is 612 g/mol. The molecule has 0 N–H and O–H groups in total. The largest absolute Gasteiger partial charge is 0.497 e. The van der Waals surface area contributed by atoms with Gasteiger partial charge in [-0.1, -0.05) is 38.5 Å². The standard InChI is InChI=1S/C19H19FN2O3.C13H24N2O2.C2H6/c1-13-3-6-15(11-17(13)20)21-10-9-18(23)22(19(21)24)12-14-4-7-16(25-2)8-5-14;1-13(2,3)17-12(16)15-9-7-14(8-10-15)11-5-4-6-11;1-2/h3-8,11H,9-10,12H2,1-2H3;11H,4-10H2,1-3H3;1-2H3. The average molecular weight is 613 g/mol. The molecule has 1 saturated carbocycles. The smallest absolute Gasteiger partial charge is 0.410 e. The predicted octanol–water partition coefficient (Wildman–Crippen LogP) is 6.62. The van der Waals surface area contributed by atoms with E-state index in [1.807, 2.05) is 51.7 Å². The molecule has 44 heavy (non-hydrogen) atoms. The summed E-state index contributed by atoms with van der Waals surface area (Å²) in [5, 5.41) is 0. The van der Waals surface area contributed by atoms with Gasteiger partial charge in [-0.3, -0.25) is 19.5 Å². The molecule has 2 heterocycles. The van der Waals surface area contributed by atoms with Gasteiger partial charge in [-0.05, 0) is 75.9 Å². The fourth-order valence-corrected chi connectivity index (χ4v) is 5.10. The van der Waals surface area contributed by atoms with E-state index in [1.165, 1.54) is 35.1 Å². The Morgan fingerprint density at radius 3 is 2.11 bits per heavy atom. The number of halogens is 1. The minimum absolute atomic E-state index is 0.161. The van der Waals surface area contributed by atoms with E-state index in [2.05, 4.69) is 4.90 Å². The van der Waals surface area contributed by atoms with Crippen LogP contribution in [0, 0.1) is 12.7 Å². The van der Waals surface area contributed by atoms with E-state index in [9.17, 15) is 18.8 Å². The second kappa shape index (κ2) is 15.9. The summed E-state index contributed by atoms with van der Waals surface area (Å²) in [6.07, 6.45) is 4.10. The van der Waals surface area contributed by atoms with Gasteiger partial charge in [-0.25, -0.2) is 14.0 Å². The number of benzene rings is 2. The Bertz CT molecular complexity index is 1250. The lowest BCUT2D eigenvalue weighted by atomic mass is 9.91. The molecule has 5 rings (SSSR count). The third-order valence-corrected chi connectivity index (χ3v) is 7.84. The summed E-state index contributed by atoms with van der Waals surface area (Å²) in [5.41, 5.74) is 1.40. The molecule has 0 bridgehead atoms. The molecule has 0 spiro atoms. The first-order valence-corrected chi connectivity index (χ1v) is 15.7. The van der Waals surface area contributed by atoms with Crippen LogP contribution in [-0.2, 0) is 16.1 Å². The molecular weight excluding hydrogens is 563 g/mol. The minimum atomic E-state index is -0.435. The maximum absolute atomic E-state index is 13.8. The van der Waals surface area contributed by atoms with Crippen LogP contribution in [0.15, 0.2) is 42.5 Å². The maximum Gasteiger partial charge on any atom is 0.410 e. The van der Waals surface area contributed by atoms with Crippen molar-refractivity contribution >= 4 is 23.7 Å². The van der Waals surface area contributed by atoms with Gasteiger partial charge < -0.3 is 14.4 Å². The van der Waals surface area contributed by atoms with Crippen LogP contribution in [0.25, 0.3) is 0 Å². The fraction of sp³-hybridized carbons (Fsp3) is 0.559. The van der Waals surface area contributed by atoms with Crippen LogP contribution >= 0.6 is 0 Å². The number of carbonyl (C=O) groups excluding carboxylic acids is 3. The molecule has 242 valence electrons. The minimum Gasteiger partial charge on any atom is -0.497 e. The van der Waals surface area contributed by atoms with Gasteiger partial charge in [0.05, 0.1) is 13.7 Å². The zero-order valence-corrected chi connectivity index (χ0v) is 27.4. The molecule has 3 fully saturated rings. The van der Waals surface area contributed by atoms with Crippen molar-refractivity contribution in [3.05, 3.63) is 59.4 Å². The number of hydrogen-bond donors (Lipinski definition) is 0. The van der Waals surface area contributed by atoms with Gasteiger partial charge in [0, 0.05) is 50.9 Å². The first kappa shape index (κ1) is 34.8. The summed E-state index contributed by atoms with van der Waals surface area (Å²) in [6.45, 7) is 15.5. The quantitative estimate of drug-likeness (QED) is 0.378. The molecule has 0 atom stereocenters. The molecule has 10 heteroatoms. The molecule has 1 aliphatic carbocycles. The van der Waals surface area contributed by atoms with Gasteiger partial charge in [-0.2, -0.15) is 0 Å². The number of amides is 4. The van der Waals surface area contributed by atoms with Crippen LogP contribution in [0.4, 0.5) is 19.7 Å². The number of carbonyl (C=O) groups is 3. The van der Waals surface area contributed by atoms with E-state index >= 15 is 0 Å². The summed E-state index contributed by atoms with van der Waals surface area (Å²) >= 11 is 0. The lowest BCUT2D eigenvalue weighted by Gasteiger charge is -2.42. The van der Waals surface area contributed by atoms with Crippen molar-refractivity contribution in [1.29, 1.82) is 0 Å². The number of anilines is 1. The highest BCUT2D eigenvalue weighted by Gasteiger charge is 2.33. The van der Waals surface area contributed by atoms with Gasteiger partial charge in [0.25, 0.3) is 0 Å². The highest BCUT2D eigenvalue weighted by molar-refractivity contribution is 6.05. The SMILES string of the molecule is CC.CC(C)(C)OC(=O)N1CCN(C2CCC2)CC1.COc1ccc(CN2C(=O)CCN(c3ccc(C)c(F)c3)C2=O)cc1.